The number of ether oxygens (including phenoxy) is 2. The van der Waals surface area contributed by atoms with Gasteiger partial charge >= 0.3 is 0 Å². The predicted molar refractivity (Wildman–Crippen MR) is 61.7 cm³/mol. The van der Waals surface area contributed by atoms with Crippen molar-refractivity contribution >= 4 is 5.91 Å². The topological polar surface area (TPSA) is 38.8 Å². The number of nitrogens with zero attached hydrogens (tertiary/aromatic N) is 1. The van der Waals surface area contributed by atoms with E-state index in [1.807, 2.05) is 18.2 Å². The van der Waals surface area contributed by atoms with Crippen LogP contribution in [0.1, 0.15) is 12.5 Å². The van der Waals surface area contributed by atoms with Crippen LogP contribution in [0, 0.1) is 0 Å². The summed E-state index contributed by atoms with van der Waals surface area (Å²) in [5.74, 6) is 1.50. The number of hydrogen-bond donors (Lipinski definition) is 0. The van der Waals surface area contributed by atoms with Gasteiger partial charge < -0.3 is 14.4 Å². The first-order valence-corrected chi connectivity index (χ1v) is 5.01. The zero-order valence-electron chi connectivity index (χ0n) is 10.1. The Kier molecular flexibility index (Phi) is 4.17. The third-order valence-corrected chi connectivity index (χ3v) is 2.44. The summed E-state index contributed by atoms with van der Waals surface area (Å²) in [5, 5.41) is 0. The molecule has 0 aromatic heterocycles. The van der Waals surface area contributed by atoms with E-state index in [9.17, 15) is 4.79 Å². The summed E-state index contributed by atoms with van der Waals surface area (Å²) in [6.45, 7) is 2.07. The van der Waals surface area contributed by atoms with Crippen molar-refractivity contribution < 1.29 is 14.3 Å². The molecule has 4 heteroatoms. The Labute approximate surface area is 95.8 Å². The summed E-state index contributed by atoms with van der Waals surface area (Å²) in [6, 6.07) is 5.56. The van der Waals surface area contributed by atoms with Crippen molar-refractivity contribution in [2.45, 2.75) is 13.5 Å². The number of hydrogen-bond acceptors (Lipinski definition) is 3. The molecule has 0 saturated heterocycles. The van der Waals surface area contributed by atoms with Gasteiger partial charge in [0.1, 0.15) is 11.5 Å². The molecule has 0 atom stereocenters. The molecule has 0 heterocycles. The Morgan fingerprint density at radius 1 is 1.31 bits per heavy atom. The number of carbonyl (C=O) groups is 1. The highest BCUT2D eigenvalue weighted by Gasteiger charge is 2.09. The van der Waals surface area contributed by atoms with Gasteiger partial charge in [0, 0.05) is 32.1 Å². The highest BCUT2D eigenvalue weighted by Crippen LogP contribution is 2.25. The van der Waals surface area contributed by atoms with Crippen LogP contribution in [0.2, 0.25) is 0 Å². The lowest BCUT2D eigenvalue weighted by molar-refractivity contribution is -0.128. The van der Waals surface area contributed by atoms with Crippen molar-refractivity contribution in [1.82, 2.24) is 4.90 Å². The number of methoxy groups -OCH3 is 2. The molecule has 0 aliphatic carbocycles. The number of rotatable bonds is 4. The fourth-order valence-electron chi connectivity index (χ4n) is 1.35. The minimum absolute atomic E-state index is 0.0258. The van der Waals surface area contributed by atoms with Crippen molar-refractivity contribution in [3.8, 4) is 11.5 Å². The summed E-state index contributed by atoms with van der Waals surface area (Å²) in [6.07, 6.45) is 0. The second kappa shape index (κ2) is 5.39. The van der Waals surface area contributed by atoms with Crippen LogP contribution in [0.15, 0.2) is 18.2 Å². The van der Waals surface area contributed by atoms with E-state index < -0.39 is 0 Å². The van der Waals surface area contributed by atoms with Gasteiger partial charge in [-0.05, 0) is 12.1 Å². The van der Waals surface area contributed by atoms with Gasteiger partial charge in [0.05, 0.1) is 14.2 Å². The number of carbonyl (C=O) groups excluding carboxylic acids is 1. The first kappa shape index (κ1) is 12.4. The molecule has 4 nitrogen and oxygen atoms in total. The van der Waals surface area contributed by atoms with E-state index in [1.54, 1.807) is 26.2 Å². The lowest BCUT2D eigenvalue weighted by Crippen LogP contribution is -2.23. The van der Waals surface area contributed by atoms with Crippen LogP contribution in [0.25, 0.3) is 0 Å². The van der Waals surface area contributed by atoms with E-state index in [4.69, 9.17) is 9.47 Å². The molecule has 0 aliphatic heterocycles. The Morgan fingerprint density at radius 2 is 2.00 bits per heavy atom. The van der Waals surface area contributed by atoms with Gasteiger partial charge in [-0.2, -0.15) is 0 Å². The van der Waals surface area contributed by atoms with Gasteiger partial charge in [0.15, 0.2) is 0 Å². The zero-order chi connectivity index (χ0) is 12.1. The van der Waals surface area contributed by atoms with Crippen LogP contribution in [0.4, 0.5) is 0 Å². The molecule has 1 amide bonds. The van der Waals surface area contributed by atoms with Gasteiger partial charge in [-0.1, -0.05) is 0 Å². The van der Waals surface area contributed by atoms with E-state index in [0.29, 0.717) is 6.54 Å². The summed E-state index contributed by atoms with van der Waals surface area (Å²) < 4.78 is 10.4. The quantitative estimate of drug-likeness (QED) is 0.779. The molecule has 0 bridgehead atoms. The summed E-state index contributed by atoms with van der Waals surface area (Å²) in [4.78, 5) is 12.8. The fourth-order valence-corrected chi connectivity index (χ4v) is 1.35. The van der Waals surface area contributed by atoms with Crippen LogP contribution < -0.4 is 9.47 Å². The van der Waals surface area contributed by atoms with Crippen LogP contribution in [-0.2, 0) is 11.3 Å². The average Bonchev–Trinajstić information content (AvgIpc) is 2.29. The lowest BCUT2D eigenvalue weighted by atomic mass is 10.2. The van der Waals surface area contributed by atoms with Gasteiger partial charge in [-0.25, -0.2) is 0 Å². The molecule has 0 aliphatic rings. The van der Waals surface area contributed by atoms with Crippen LogP contribution in [0.5, 0.6) is 11.5 Å². The van der Waals surface area contributed by atoms with Crippen LogP contribution in [0.3, 0.4) is 0 Å². The van der Waals surface area contributed by atoms with Gasteiger partial charge in [-0.3, -0.25) is 4.79 Å². The van der Waals surface area contributed by atoms with E-state index in [-0.39, 0.29) is 5.91 Å². The van der Waals surface area contributed by atoms with E-state index in [0.717, 1.165) is 17.1 Å². The first-order valence-electron chi connectivity index (χ1n) is 5.01. The second-order valence-electron chi connectivity index (χ2n) is 3.55. The highest BCUT2D eigenvalue weighted by atomic mass is 16.5. The molecule has 1 aromatic rings. The monoisotopic (exact) mass is 223 g/mol. The normalized spacial score (nSPS) is 9.75. The minimum Gasteiger partial charge on any atom is -0.497 e. The standard InChI is InChI=1S/C12H17NO3/c1-9(14)13(2)8-10-5-6-11(15-3)7-12(10)16-4/h5-7H,8H2,1-4H3. The Morgan fingerprint density at radius 3 is 2.50 bits per heavy atom. The Bertz CT molecular complexity index is 377. The third kappa shape index (κ3) is 2.89. The molecule has 0 fully saturated rings. The van der Waals surface area contributed by atoms with Crippen molar-refractivity contribution in [3.05, 3.63) is 23.8 Å². The molecule has 0 spiro atoms. The summed E-state index contributed by atoms with van der Waals surface area (Å²) in [7, 11) is 4.97. The molecule has 88 valence electrons. The number of amides is 1. The first-order chi connectivity index (χ1) is 7.58. The van der Waals surface area contributed by atoms with Gasteiger partial charge in [0.25, 0.3) is 0 Å². The molecule has 0 saturated carbocycles. The maximum atomic E-state index is 11.1. The maximum Gasteiger partial charge on any atom is 0.219 e. The SMILES string of the molecule is COc1ccc(CN(C)C(C)=O)c(OC)c1. The predicted octanol–water partition coefficient (Wildman–Crippen LogP) is 1.68. The zero-order valence-corrected chi connectivity index (χ0v) is 10.1. The molecule has 0 N–H and O–H groups in total. The van der Waals surface area contributed by atoms with Crippen molar-refractivity contribution in [2.24, 2.45) is 0 Å². The molecule has 0 radical (unpaired) electrons. The third-order valence-electron chi connectivity index (χ3n) is 2.44. The summed E-state index contributed by atoms with van der Waals surface area (Å²) >= 11 is 0. The van der Waals surface area contributed by atoms with E-state index in [2.05, 4.69) is 0 Å². The van der Waals surface area contributed by atoms with Gasteiger partial charge in [-0.15, -0.1) is 0 Å². The second-order valence-corrected chi connectivity index (χ2v) is 3.55. The van der Waals surface area contributed by atoms with Gasteiger partial charge in [0.2, 0.25) is 5.91 Å². The minimum atomic E-state index is 0.0258. The smallest absolute Gasteiger partial charge is 0.219 e. The largest absolute Gasteiger partial charge is 0.497 e. The van der Waals surface area contributed by atoms with Crippen LogP contribution in [-0.4, -0.2) is 32.1 Å². The van der Waals surface area contributed by atoms with Crippen molar-refractivity contribution in [3.63, 3.8) is 0 Å². The molecule has 1 aromatic carbocycles. The molecule has 16 heavy (non-hydrogen) atoms. The molecule has 0 unspecified atom stereocenters. The molecular weight excluding hydrogens is 206 g/mol. The highest BCUT2D eigenvalue weighted by molar-refractivity contribution is 5.72. The van der Waals surface area contributed by atoms with Crippen molar-refractivity contribution in [2.75, 3.05) is 21.3 Å². The Hall–Kier alpha value is -1.71. The van der Waals surface area contributed by atoms with Crippen LogP contribution >= 0.6 is 0 Å². The fraction of sp³-hybridized carbons (Fsp3) is 0.417. The van der Waals surface area contributed by atoms with E-state index in [1.165, 1.54) is 6.92 Å². The number of benzene rings is 1. The summed E-state index contributed by atoms with van der Waals surface area (Å²) in [5.41, 5.74) is 0.959. The van der Waals surface area contributed by atoms with Crippen molar-refractivity contribution in [1.29, 1.82) is 0 Å². The average molecular weight is 223 g/mol. The lowest BCUT2D eigenvalue weighted by Gasteiger charge is -2.17. The van der Waals surface area contributed by atoms with E-state index >= 15 is 0 Å². The maximum absolute atomic E-state index is 11.1. The molecule has 1 rings (SSSR count). The molecular formula is C12H17NO3. The Balaban J connectivity index is 2.91.